The number of rotatable bonds is 5. The van der Waals surface area contributed by atoms with E-state index in [1.165, 1.54) is 5.56 Å². The van der Waals surface area contributed by atoms with Gasteiger partial charge in [-0.15, -0.1) is 0 Å². The van der Waals surface area contributed by atoms with Crippen LogP contribution in [0.15, 0.2) is 51.6 Å². The highest BCUT2D eigenvalue weighted by Crippen LogP contribution is 2.24. The van der Waals surface area contributed by atoms with Crippen molar-refractivity contribution >= 4 is 15.9 Å². The van der Waals surface area contributed by atoms with Gasteiger partial charge in [0.1, 0.15) is 5.76 Å². The topological polar surface area (TPSA) is 25.2 Å². The summed E-state index contributed by atoms with van der Waals surface area (Å²) < 4.78 is 6.55. The minimum atomic E-state index is 0.212. The van der Waals surface area contributed by atoms with Gasteiger partial charge in [0.15, 0.2) is 0 Å². The van der Waals surface area contributed by atoms with Crippen molar-refractivity contribution in [2.75, 3.05) is 0 Å². The molecule has 0 spiro atoms. The smallest absolute Gasteiger partial charge is 0.120 e. The van der Waals surface area contributed by atoms with Gasteiger partial charge in [-0.2, -0.15) is 0 Å². The number of furan rings is 1. The molecule has 1 aromatic carbocycles. The highest BCUT2D eigenvalue weighted by atomic mass is 79.9. The third kappa shape index (κ3) is 3.24. The van der Waals surface area contributed by atoms with Gasteiger partial charge in [0, 0.05) is 10.5 Å². The Bertz CT molecular complexity index is 481. The molecule has 2 rings (SSSR count). The van der Waals surface area contributed by atoms with Gasteiger partial charge in [0.05, 0.1) is 12.3 Å². The van der Waals surface area contributed by atoms with Gasteiger partial charge in [-0.05, 0) is 43.2 Å². The molecule has 3 heteroatoms. The fourth-order valence-corrected chi connectivity index (χ4v) is 2.51. The normalized spacial score (nSPS) is 14.4. The monoisotopic (exact) mass is 307 g/mol. The Hall–Kier alpha value is -1.06. The van der Waals surface area contributed by atoms with Crippen molar-refractivity contribution < 1.29 is 4.42 Å². The molecule has 0 radical (unpaired) electrons. The van der Waals surface area contributed by atoms with E-state index >= 15 is 0 Å². The van der Waals surface area contributed by atoms with Gasteiger partial charge >= 0.3 is 0 Å². The van der Waals surface area contributed by atoms with Gasteiger partial charge in [0.25, 0.3) is 0 Å². The highest BCUT2D eigenvalue weighted by molar-refractivity contribution is 9.10. The van der Waals surface area contributed by atoms with E-state index in [1.54, 1.807) is 6.26 Å². The first-order valence-electron chi connectivity index (χ1n) is 6.25. The third-order valence-corrected chi connectivity index (χ3v) is 3.57. The maximum Gasteiger partial charge on any atom is 0.120 e. The molecule has 0 aliphatic rings. The predicted octanol–water partition coefficient (Wildman–Crippen LogP) is 4.84. The molecule has 1 aromatic heterocycles. The zero-order valence-electron chi connectivity index (χ0n) is 10.7. The zero-order chi connectivity index (χ0) is 13.0. The minimum Gasteiger partial charge on any atom is -0.468 e. The summed E-state index contributed by atoms with van der Waals surface area (Å²) >= 11 is 3.52. The average molecular weight is 308 g/mol. The Kier molecular flexibility index (Phi) is 4.61. The molecule has 96 valence electrons. The molecule has 18 heavy (non-hydrogen) atoms. The van der Waals surface area contributed by atoms with Crippen molar-refractivity contribution in [3.63, 3.8) is 0 Å². The zero-order valence-corrected chi connectivity index (χ0v) is 12.3. The fraction of sp³-hybridized carbons (Fsp3) is 0.333. The standard InChI is InChI=1S/C15H18BrNO/c1-3-14(12-6-4-7-13(16)10-12)17-11(2)15-8-5-9-18-15/h4-11,14,17H,3H2,1-2H3/t11-,14?/m0/s1. The second-order valence-corrected chi connectivity index (χ2v) is 5.34. The van der Waals surface area contributed by atoms with E-state index in [9.17, 15) is 0 Å². The van der Waals surface area contributed by atoms with E-state index in [2.05, 4.69) is 53.3 Å². The fourth-order valence-electron chi connectivity index (χ4n) is 2.09. The molecule has 2 nitrogen and oxygen atoms in total. The summed E-state index contributed by atoms with van der Waals surface area (Å²) in [6.07, 6.45) is 2.76. The maximum atomic E-state index is 5.43. The first-order valence-corrected chi connectivity index (χ1v) is 7.05. The van der Waals surface area contributed by atoms with Gasteiger partial charge in [-0.25, -0.2) is 0 Å². The SMILES string of the molecule is CCC(N[C@@H](C)c1ccco1)c1cccc(Br)c1. The van der Waals surface area contributed by atoms with Crippen LogP contribution in [0.2, 0.25) is 0 Å². The predicted molar refractivity (Wildman–Crippen MR) is 77.4 cm³/mol. The van der Waals surface area contributed by atoms with Crippen molar-refractivity contribution in [3.05, 3.63) is 58.5 Å². The van der Waals surface area contributed by atoms with Crippen LogP contribution in [-0.2, 0) is 0 Å². The van der Waals surface area contributed by atoms with E-state index in [0.717, 1.165) is 16.7 Å². The number of nitrogens with one attached hydrogen (secondary N) is 1. The van der Waals surface area contributed by atoms with Gasteiger partial charge < -0.3 is 9.73 Å². The van der Waals surface area contributed by atoms with Crippen LogP contribution in [0.4, 0.5) is 0 Å². The lowest BCUT2D eigenvalue weighted by Crippen LogP contribution is -2.23. The van der Waals surface area contributed by atoms with Crippen LogP contribution in [0.1, 0.15) is 43.7 Å². The third-order valence-electron chi connectivity index (χ3n) is 3.08. The molecule has 0 bridgehead atoms. The second-order valence-electron chi connectivity index (χ2n) is 4.42. The Labute approximate surface area is 117 Å². The van der Waals surface area contributed by atoms with Crippen LogP contribution in [0.25, 0.3) is 0 Å². The Morgan fingerprint density at radius 3 is 2.72 bits per heavy atom. The highest BCUT2D eigenvalue weighted by Gasteiger charge is 2.15. The van der Waals surface area contributed by atoms with E-state index in [4.69, 9.17) is 4.42 Å². The molecule has 0 aliphatic heterocycles. The summed E-state index contributed by atoms with van der Waals surface area (Å²) in [7, 11) is 0. The molecule has 1 heterocycles. The molecule has 2 atom stereocenters. The van der Waals surface area contributed by atoms with Gasteiger partial charge in [-0.1, -0.05) is 35.0 Å². The maximum absolute atomic E-state index is 5.43. The summed E-state index contributed by atoms with van der Waals surface area (Å²) in [4.78, 5) is 0. The Balaban J connectivity index is 2.10. The van der Waals surface area contributed by atoms with Crippen LogP contribution in [0.3, 0.4) is 0 Å². The van der Waals surface area contributed by atoms with Crippen LogP contribution < -0.4 is 5.32 Å². The van der Waals surface area contributed by atoms with Gasteiger partial charge in [-0.3, -0.25) is 0 Å². The first-order chi connectivity index (χ1) is 8.70. The molecular formula is C15H18BrNO. The van der Waals surface area contributed by atoms with Crippen LogP contribution in [-0.4, -0.2) is 0 Å². The summed E-state index contributed by atoms with van der Waals surface area (Å²) in [5, 5.41) is 3.60. The first kappa shape index (κ1) is 13.4. The molecule has 0 amide bonds. The van der Waals surface area contributed by atoms with Crippen LogP contribution in [0.5, 0.6) is 0 Å². The Morgan fingerprint density at radius 2 is 2.11 bits per heavy atom. The van der Waals surface area contributed by atoms with Crippen LogP contribution in [0, 0.1) is 0 Å². The summed E-state index contributed by atoms with van der Waals surface area (Å²) in [5.74, 6) is 0.975. The van der Waals surface area contributed by atoms with Crippen molar-refractivity contribution in [1.29, 1.82) is 0 Å². The number of benzene rings is 1. The van der Waals surface area contributed by atoms with Crippen LogP contribution >= 0.6 is 15.9 Å². The molecule has 0 fully saturated rings. The molecule has 0 saturated heterocycles. The lowest BCUT2D eigenvalue weighted by Gasteiger charge is -2.21. The van der Waals surface area contributed by atoms with E-state index < -0.39 is 0 Å². The summed E-state index contributed by atoms with van der Waals surface area (Å²) in [6, 6.07) is 12.9. The number of halogens is 1. The van der Waals surface area contributed by atoms with Crippen molar-refractivity contribution in [2.45, 2.75) is 32.4 Å². The number of hydrogen-bond acceptors (Lipinski definition) is 2. The lowest BCUT2D eigenvalue weighted by atomic mass is 10.0. The van der Waals surface area contributed by atoms with E-state index in [-0.39, 0.29) is 6.04 Å². The van der Waals surface area contributed by atoms with Gasteiger partial charge in [0.2, 0.25) is 0 Å². The molecular weight excluding hydrogens is 290 g/mol. The lowest BCUT2D eigenvalue weighted by molar-refractivity contribution is 0.387. The van der Waals surface area contributed by atoms with E-state index in [0.29, 0.717) is 6.04 Å². The largest absolute Gasteiger partial charge is 0.468 e. The van der Waals surface area contributed by atoms with Crippen molar-refractivity contribution in [3.8, 4) is 0 Å². The van der Waals surface area contributed by atoms with Crippen molar-refractivity contribution in [1.82, 2.24) is 5.32 Å². The molecule has 0 saturated carbocycles. The molecule has 1 N–H and O–H groups in total. The van der Waals surface area contributed by atoms with Crippen molar-refractivity contribution in [2.24, 2.45) is 0 Å². The molecule has 0 aliphatic carbocycles. The second kappa shape index (κ2) is 6.21. The Morgan fingerprint density at radius 1 is 1.28 bits per heavy atom. The molecule has 2 aromatic rings. The van der Waals surface area contributed by atoms with E-state index in [1.807, 2.05) is 18.2 Å². The summed E-state index contributed by atoms with van der Waals surface area (Å²) in [5.41, 5.74) is 1.30. The number of hydrogen-bond donors (Lipinski definition) is 1. The summed E-state index contributed by atoms with van der Waals surface area (Å²) in [6.45, 7) is 4.31. The average Bonchev–Trinajstić information content (AvgIpc) is 2.89. The minimum absolute atomic E-state index is 0.212. The molecule has 1 unspecified atom stereocenters. The quantitative estimate of drug-likeness (QED) is 0.854.